The minimum atomic E-state index is -1.47. The number of nitriles is 1. The fourth-order valence-electron chi connectivity index (χ4n) is 2.02. The number of halogens is 1. The van der Waals surface area contributed by atoms with Crippen molar-refractivity contribution in [3.8, 4) is 6.07 Å². The summed E-state index contributed by atoms with van der Waals surface area (Å²) in [5, 5.41) is 20.6. The zero-order valence-electron chi connectivity index (χ0n) is 10.4. The standard InChI is InChI=1S/C13H10FN3O3/c1-7-10(6-15)11(8-2-4-9(14)5-3-8)16-12(18)17(7)13(19)20/h2-5,11H,1H3,(H,16,18)(H,19,20). The highest BCUT2D eigenvalue weighted by molar-refractivity contribution is 5.94. The predicted molar refractivity (Wildman–Crippen MR) is 65.8 cm³/mol. The van der Waals surface area contributed by atoms with Gasteiger partial charge in [-0.15, -0.1) is 0 Å². The zero-order valence-corrected chi connectivity index (χ0v) is 10.4. The Morgan fingerprint density at radius 1 is 1.45 bits per heavy atom. The van der Waals surface area contributed by atoms with E-state index in [9.17, 15) is 19.2 Å². The average molecular weight is 275 g/mol. The number of urea groups is 1. The van der Waals surface area contributed by atoms with E-state index >= 15 is 0 Å². The molecule has 7 heteroatoms. The third-order valence-corrected chi connectivity index (χ3v) is 3.00. The van der Waals surface area contributed by atoms with E-state index in [1.807, 2.05) is 6.07 Å². The molecule has 1 atom stereocenters. The van der Waals surface area contributed by atoms with Crippen LogP contribution in [0.2, 0.25) is 0 Å². The van der Waals surface area contributed by atoms with Crippen molar-refractivity contribution in [3.63, 3.8) is 0 Å². The maximum absolute atomic E-state index is 12.9. The van der Waals surface area contributed by atoms with E-state index in [1.54, 1.807) is 0 Å². The Kier molecular flexibility index (Phi) is 3.39. The Morgan fingerprint density at radius 2 is 2.05 bits per heavy atom. The Balaban J connectivity index is 2.51. The molecule has 2 N–H and O–H groups in total. The van der Waals surface area contributed by atoms with Crippen molar-refractivity contribution in [3.05, 3.63) is 46.9 Å². The first-order chi connectivity index (χ1) is 9.45. The summed E-state index contributed by atoms with van der Waals surface area (Å²) >= 11 is 0. The van der Waals surface area contributed by atoms with E-state index in [0.29, 0.717) is 10.5 Å². The first-order valence-electron chi connectivity index (χ1n) is 5.65. The lowest BCUT2D eigenvalue weighted by molar-refractivity contribution is 0.155. The van der Waals surface area contributed by atoms with Gasteiger partial charge in [0, 0.05) is 5.70 Å². The van der Waals surface area contributed by atoms with Gasteiger partial charge in [-0.2, -0.15) is 5.26 Å². The molecule has 6 nitrogen and oxygen atoms in total. The molecule has 1 aromatic carbocycles. The molecular formula is C13H10FN3O3. The largest absolute Gasteiger partial charge is 0.464 e. The molecule has 1 heterocycles. The molecule has 0 bridgehead atoms. The number of hydrogen-bond acceptors (Lipinski definition) is 3. The number of rotatable bonds is 1. The summed E-state index contributed by atoms with van der Waals surface area (Å²) in [5.41, 5.74) is 0.636. The molecular weight excluding hydrogens is 265 g/mol. The first-order valence-corrected chi connectivity index (χ1v) is 5.65. The molecule has 0 fully saturated rings. The van der Waals surface area contributed by atoms with Crippen LogP contribution in [0.4, 0.5) is 14.0 Å². The molecule has 1 aliphatic rings. The molecule has 3 amide bonds. The lowest BCUT2D eigenvalue weighted by Gasteiger charge is -2.30. The van der Waals surface area contributed by atoms with E-state index < -0.39 is 24.0 Å². The van der Waals surface area contributed by atoms with E-state index in [4.69, 9.17) is 5.11 Å². The lowest BCUT2D eigenvalue weighted by atomic mass is 9.96. The predicted octanol–water partition coefficient (Wildman–Crippen LogP) is 2.37. The van der Waals surface area contributed by atoms with Gasteiger partial charge in [0.15, 0.2) is 0 Å². The van der Waals surface area contributed by atoms with E-state index in [-0.39, 0.29) is 11.3 Å². The smallest absolute Gasteiger partial charge is 0.419 e. The van der Waals surface area contributed by atoms with Crippen LogP contribution in [0.1, 0.15) is 18.5 Å². The van der Waals surface area contributed by atoms with E-state index in [1.165, 1.54) is 31.2 Å². The second-order valence-electron chi connectivity index (χ2n) is 4.16. The number of amides is 3. The Hall–Kier alpha value is -2.88. The first kappa shape index (κ1) is 13.5. The van der Waals surface area contributed by atoms with Crippen molar-refractivity contribution in [1.29, 1.82) is 5.26 Å². The summed E-state index contributed by atoms with van der Waals surface area (Å²) in [4.78, 5) is 23.2. The molecule has 0 aromatic heterocycles. The molecule has 0 saturated carbocycles. The minimum Gasteiger partial charge on any atom is -0.464 e. The van der Waals surface area contributed by atoms with Gasteiger partial charge in [0.1, 0.15) is 5.82 Å². The van der Waals surface area contributed by atoms with Gasteiger partial charge in [-0.1, -0.05) is 12.1 Å². The monoisotopic (exact) mass is 275 g/mol. The molecule has 0 radical (unpaired) electrons. The molecule has 0 spiro atoms. The average Bonchev–Trinajstić information content (AvgIpc) is 2.38. The van der Waals surface area contributed by atoms with Crippen molar-refractivity contribution < 1.29 is 19.1 Å². The van der Waals surface area contributed by atoms with Gasteiger partial charge in [-0.3, -0.25) is 0 Å². The van der Waals surface area contributed by atoms with Crippen molar-refractivity contribution in [2.24, 2.45) is 0 Å². The van der Waals surface area contributed by atoms with Crippen LogP contribution in [-0.4, -0.2) is 22.1 Å². The van der Waals surface area contributed by atoms with Gasteiger partial charge in [-0.05, 0) is 24.6 Å². The van der Waals surface area contributed by atoms with Crippen molar-refractivity contribution in [1.82, 2.24) is 10.2 Å². The van der Waals surface area contributed by atoms with Gasteiger partial charge in [0.2, 0.25) is 0 Å². The van der Waals surface area contributed by atoms with Crippen LogP contribution in [-0.2, 0) is 0 Å². The molecule has 2 rings (SSSR count). The van der Waals surface area contributed by atoms with Crippen molar-refractivity contribution in [2.75, 3.05) is 0 Å². The summed E-state index contributed by atoms with van der Waals surface area (Å²) < 4.78 is 12.9. The summed E-state index contributed by atoms with van der Waals surface area (Å²) in [5.74, 6) is -0.442. The highest BCUT2D eigenvalue weighted by Crippen LogP contribution is 2.29. The van der Waals surface area contributed by atoms with Gasteiger partial charge >= 0.3 is 12.1 Å². The quantitative estimate of drug-likeness (QED) is 0.822. The Morgan fingerprint density at radius 3 is 2.55 bits per heavy atom. The second kappa shape index (κ2) is 5.01. The number of nitrogens with zero attached hydrogens (tertiary/aromatic N) is 2. The fourth-order valence-corrected chi connectivity index (χ4v) is 2.02. The Bertz CT molecular complexity index is 646. The number of nitrogens with one attached hydrogen (secondary N) is 1. The highest BCUT2D eigenvalue weighted by Gasteiger charge is 2.35. The number of carbonyl (C=O) groups excluding carboxylic acids is 1. The lowest BCUT2D eigenvalue weighted by Crippen LogP contribution is -2.48. The number of allylic oxidation sites excluding steroid dienone is 1. The van der Waals surface area contributed by atoms with Gasteiger partial charge in [0.05, 0.1) is 17.7 Å². The van der Waals surface area contributed by atoms with E-state index in [0.717, 1.165) is 0 Å². The number of carboxylic acid groups (broad SMARTS) is 1. The molecule has 1 unspecified atom stereocenters. The molecule has 20 heavy (non-hydrogen) atoms. The van der Waals surface area contributed by atoms with E-state index in [2.05, 4.69) is 5.32 Å². The topological polar surface area (TPSA) is 93.4 Å². The SMILES string of the molecule is CC1=C(C#N)C(c2ccc(F)cc2)NC(=O)N1C(=O)O. The van der Waals surface area contributed by atoms with Crippen LogP contribution in [0.5, 0.6) is 0 Å². The molecule has 1 aliphatic heterocycles. The van der Waals surface area contributed by atoms with Crippen LogP contribution in [0.15, 0.2) is 35.5 Å². The third-order valence-electron chi connectivity index (χ3n) is 3.00. The fraction of sp³-hybridized carbons (Fsp3) is 0.154. The maximum atomic E-state index is 12.9. The van der Waals surface area contributed by atoms with Crippen molar-refractivity contribution >= 4 is 12.1 Å². The summed E-state index contributed by atoms with van der Waals surface area (Å²) in [6.07, 6.45) is -1.47. The molecule has 0 aliphatic carbocycles. The van der Waals surface area contributed by atoms with Crippen molar-refractivity contribution in [2.45, 2.75) is 13.0 Å². The normalized spacial score (nSPS) is 18.6. The number of imide groups is 1. The van der Waals surface area contributed by atoms with Crippen LogP contribution >= 0.6 is 0 Å². The number of carbonyl (C=O) groups is 2. The highest BCUT2D eigenvalue weighted by atomic mass is 19.1. The Labute approximate surface area is 113 Å². The molecule has 0 saturated heterocycles. The zero-order chi connectivity index (χ0) is 14.9. The van der Waals surface area contributed by atoms with Crippen LogP contribution in [0.25, 0.3) is 0 Å². The van der Waals surface area contributed by atoms with Gasteiger partial charge in [0.25, 0.3) is 0 Å². The number of benzene rings is 1. The maximum Gasteiger partial charge on any atom is 0.419 e. The summed E-state index contributed by atoms with van der Waals surface area (Å²) in [6.45, 7) is 1.38. The molecule has 102 valence electrons. The number of hydrogen-bond donors (Lipinski definition) is 2. The van der Waals surface area contributed by atoms with Crippen LogP contribution in [0.3, 0.4) is 0 Å². The minimum absolute atomic E-state index is 0.0399. The van der Waals surface area contributed by atoms with Crippen LogP contribution in [0, 0.1) is 17.1 Å². The summed E-state index contributed by atoms with van der Waals surface area (Å²) in [6, 6.07) is 5.53. The van der Waals surface area contributed by atoms with Gasteiger partial charge in [-0.25, -0.2) is 18.9 Å². The van der Waals surface area contributed by atoms with Gasteiger partial charge < -0.3 is 10.4 Å². The molecule has 1 aromatic rings. The second-order valence-corrected chi connectivity index (χ2v) is 4.16. The van der Waals surface area contributed by atoms with Crippen LogP contribution < -0.4 is 5.32 Å². The summed E-state index contributed by atoms with van der Waals surface area (Å²) in [7, 11) is 0. The third kappa shape index (κ3) is 2.19.